The van der Waals surface area contributed by atoms with Gasteiger partial charge in [-0.25, -0.2) is 4.39 Å². The molecular formula is C20H21FN4OS. The van der Waals surface area contributed by atoms with Gasteiger partial charge in [0.05, 0.1) is 6.54 Å². The normalized spacial score (nSPS) is 11.1. The molecule has 3 aromatic rings. The Hall–Kier alpha value is -2.64. The lowest BCUT2D eigenvalue weighted by Gasteiger charge is -2.25. The van der Waals surface area contributed by atoms with Gasteiger partial charge in [0.25, 0.3) is 5.91 Å². The summed E-state index contributed by atoms with van der Waals surface area (Å²) in [7, 11) is 0. The third-order valence-electron chi connectivity index (χ3n) is 4.06. The summed E-state index contributed by atoms with van der Waals surface area (Å²) in [6.45, 7) is 5.68. The molecule has 1 amide bonds. The molecular weight excluding hydrogens is 363 g/mol. The molecule has 3 rings (SSSR count). The Bertz CT molecular complexity index is 881. The Morgan fingerprint density at radius 1 is 1.07 bits per heavy atom. The standard InChI is InChI=1S/C20H21FN4OS/c1-14(2)25(12-15-6-4-3-5-7-15)13-18-23-24-20(27-18)19(26)22-17-10-8-16(21)9-11-17/h3-11,14H,12-13H2,1-2H3,(H,22,26). The number of carbonyl (C=O) groups is 1. The first-order valence-corrected chi connectivity index (χ1v) is 9.50. The number of rotatable bonds is 7. The molecule has 1 aromatic heterocycles. The number of anilines is 1. The van der Waals surface area contributed by atoms with Crippen LogP contribution >= 0.6 is 11.3 Å². The molecule has 1 N–H and O–H groups in total. The van der Waals surface area contributed by atoms with Crippen molar-refractivity contribution in [1.82, 2.24) is 15.1 Å². The molecule has 0 spiro atoms. The molecule has 140 valence electrons. The summed E-state index contributed by atoms with van der Waals surface area (Å²) < 4.78 is 13.0. The number of halogens is 1. The number of nitrogens with one attached hydrogen (secondary N) is 1. The zero-order chi connectivity index (χ0) is 19.2. The van der Waals surface area contributed by atoms with Crippen LogP contribution in [-0.2, 0) is 13.1 Å². The first-order chi connectivity index (χ1) is 13.0. The van der Waals surface area contributed by atoms with Crippen molar-refractivity contribution in [1.29, 1.82) is 0 Å². The SMILES string of the molecule is CC(C)N(Cc1ccccc1)Cc1nnc(C(=O)Nc2ccc(F)cc2)s1. The van der Waals surface area contributed by atoms with E-state index in [9.17, 15) is 9.18 Å². The van der Waals surface area contributed by atoms with Crippen LogP contribution in [0.5, 0.6) is 0 Å². The van der Waals surface area contributed by atoms with Crippen molar-refractivity contribution < 1.29 is 9.18 Å². The molecule has 0 fully saturated rings. The molecule has 0 radical (unpaired) electrons. The summed E-state index contributed by atoms with van der Waals surface area (Å²) in [4.78, 5) is 14.6. The second-order valence-corrected chi connectivity index (χ2v) is 7.51. The summed E-state index contributed by atoms with van der Waals surface area (Å²) in [5.74, 6) is -0.692. The van der Waals surface area contributed by atoms with Gasteiger partial charge in [0.1, 0.15) is 10.8 Å². The highest BCUT2D eigenvalue weighted by molar-refractivity contribution is 7.13. The minimum Gasteiger partial charge on any atom is -0.320 e. The summed E-state index contributed by atoms with van der Waals surface area (Å²) in [5, 5.41) is 11.9. The van der Waals surface area contributed by atoms with Gasteiger partial charge in [0, 0.05) is 18.3 Å². The average molecular weight is 384 g/mol. The van der Waals surface area contributed by atoms with Gasteiger partial charge in [0.15, 0.2) is 0 Å². The largest absolute Gasteiger partial charge is 0.320 e. The van der Waals surface area contributed by atoms with Crippen LogP contribution < -0.4 is 5.32 Å². The summed E-state index contributed by atoms with van der Waals surface area (Å²) in [5.41, 5.74) is 1.75. The summed E-state index contributed by atoms with van der Waals surface area (Å²) in [6.07, 6.45) is 0. The van der Waals surface area contributed by atoms with Gasteiger partial charge in [-0.05, 0) is 43.7 Å². The first kappa shape index (κ1) is 19.1. The fraction of sp³-hybridized carbons (Fsp3) is 0.250. The van der Waals surface area contributed by atoms with Crippen LogP contribution in [0, 0.1) is 5.82 Å². The van der Waals surface area contributed by atoms with Crippen LogP contribution in [-0.4, -0.2) is 27.0 Å². The molecule has 0 unspecified atom stereocenters. The molecule has 2 aromatic carbocycles. The molecule has 0 bridgehead atoms. The Labute approximate surface area is 161 Å². The second-order valence-electron chi connectivity index (χ2n) is 6.45. The van der Waals surface area contributed by atoms with E-state index in [1.54, 1.807) is 0 Å². The van der Waals surface area contributed by atoms with Crippen molar-refractivity contribution in [3.8, 4) is 0 Å². The van der Waals surface area contributed by atoms with E-state index in [4.69, 9.17) is 0 Å². The van der Waals surface area contributed by atoms with E-state index < -0.39 is 0 Å². The summed E-state index contributed by atoms with van der Waals surface area (Å²) >= 11 is 1.27. The van der Waals surface area contributed by atoms with Gasteiger partial charge in [-0.2, -0.15) is 0 Å². The lowest BCUT2D eigenvalue weighted by atomic mass is 10.2. The molecule has 0 aliphatic rings. The van der Waals surface area contributed by atoms with Crippen molar-refractivity contribution in [3.05, 3.63) is 76.0 Å². The zero-order valence-corrected chi connectivity index (χ0v) is 16.0. The predicted molar refractivity (Wildman–Crippen MR) is 105 cm³/mol. The number of benzene rings is 2. The quantitative estimate of drug-likeness (QED) is 0.658. The highest BCUT2D eigenvalue weighted by Gasteiger charge is 2.17. The van der Waals surface area contributed by atoms with Gasteiger partial charge in [-0.1, -0.05) is 41.7 Å². The molecule has 0 saturated heterocycles. The van der Waals surface area contributed by atoms with E-state index >= 15 is 0 Å². The van der Waals surface area contributed by atoms with Crippen LogP contribution in [0.15, 0.2) is 54.6 Å². The zero-order valence-electron chi connectivity index (χ0n) is 15.2. The number of nitrogens with zero attached hydrogens (tertiary/aromatic N) is 3. The molecule has 0 atom stereocenters. The van der Waals surface area contributed by atoms with Crippen LogP contribution in [0.4, 0.5) is 10.1 Å². The maximum absolute atomic E-state index is 13.0. The fourth-order valence-electron chi connectivity index (χ4n) is 2.54. The second kappa shape index (κ2) is 8.83. The topological polar surface area (TPSA) is 58.1 Å². The van der Waals surface area contributed by atoms with Crippen LogP contribution in [0.3, 0.4) is 0 Å². The van der Waals surface area contributed by atoms with Gasteiger partial charge >= 0.3 is 0 Å². The molecule has 27 heavy (non-hydrogen) atoms. The maximum Gasteiger partial charge on any atom is 0.286 e. The van der Waals surface area contributed by atoms with Crippen molar-refractivity contribution in [2.24, 2.45) is 0 Å². The van der Waals surface area contributed by atoms with E-state index in [1.165, 1.54) is 41.2 Å². The van der Waals surface area contributed by atoms with Crippen LogP contribution in [0.25, 0.3) is 0 Å². The number of aromatic nitrogens is 2. The molecule has 1 heterocycles. The minimum absolute atomic E-state index is 0.290. The third-order valence-corrected chi connectivity index (χ3v) is 4.97. The lowest BCUT2D eigenvalue weighted by molar-refractivity contribution is 0.102. The van der Waals surface area contributed by atoms with Crippen LogP contribution in [0.2, 0.25) is 0 Å². The van der Waals surface area contributed by atoms with Gasteiger partial charge in [0.2, 0.25) is 5.01 Å². The number of hydrogen-bond acceptors (Lipinski definition) is 5. The van der Waals surface area contributed by atoms with Gasteiger partial charge < -0.3 is 5.32 Å². The Balaban J connectivity index is 1.64. The Kier molecular flexibility index (Phi) is 6.26. The van der Waals surface area contributed by atoms with Gasteiger partial charge in [-0.3, -0.25) is 9.69 Å². The Morgan fingerprint density at radius 2 is 1.78 bits per heavy atom. The van der Waals surface area contributed by atoms with Gasteiger partial charge in [-0.15, -0.1) is 10.2 Å². The van der Waals surface area contributed by atoms with E-state index in [0.717, 1.165) is 11.6 Å². The highest BCUT2D eigenvalue weighted by atomic mass is 32.1. The van der Waals surface area contributed by atoms with Crippen LogP contribution in [0.1, 0.15) is 34.2 Å². The lowest BCUT2D eigenvalue weighted by Crippen LogP contribution is -2.29. The molecule has 0 saturated carbocycles. The third kappa shape index (κ3) is 5.42. The number of hydrogen-bond donors (Lipinski definition) is 1. The average Bonchev–Trinajstić information content (AvgIpc) is 3.13. The van der Waals surface area contributed by atoms with E-state index in [1.807, 2.05) is 18.2 Å². The summed E-state index contributed by atoms with van der Waals surface area (Å²) in [6, 6.07) is 16.2. The Morgan fingerprint density at radius 3 is 2.44 bits per heavy atom. The predicted octanol–water partition coefficient (Wildman–Crippen LogP) is 4.34. The van der Waals surface area contributed by atoms with Crippen molar-refractivity contribution in [2.45, 2.75) is 33.0 Å². The molecule has 0 aliphatic heterocycles. The van der Waals surface area contributed by atoms with Crippen molar-refractivity contribution in [2.75, 3.05) is 5.32 Å². The van der Waals surface area contributed by atoms with E-state index in [-0.39, 0.29) is 16.7 Å². The highest BCUT2D eigenvalue weighted by Crippen LogP contribution is 2.18. The molecule has 7 heteroatoms. The minimum atomic E-state index is -0.349. The van der Waals surface area contributed by atoms with Crippen molar-refractivity contribution >= 4 is 22.9 Å². The fourth-order valence-corrected chi connectivity index (χ4v) is 3.30. The first-order valence-electron chi connectivity index (χ1n) is 8.68. The van der Waals surface area contributed by atoms with Crippen molar-refractivity contribution in [3.63, 3.8) is 0 Å². The van der Waals surface area contributed by atoms with E-state index in [0.29, 0.717) is 18.3 Å². The van der Waals surface area contributed by atoms with E-state index in [2.05, 4.69) is 46.4 Å². The maximum atomic E-state index is 13.0. The smallest absolute Gasteiger partial charge is 0.286 e. The molecule has 5 nitrogen and oxygen atoms in total. The number of amides is 1. The molecule has 0 aliphatic carbocycles. The monoisotopic (exact) mass is 384 g/mol. The number of carbonyl (C=O) groups excluding carboxylic acids is 1.